The molecule has 0 spiro atoms. The van der Waals surface area contributed by atoms with Gasteiger partial charge >= 0.3 is 0 Å². The van der Waals surface area contributed by atoms with Crippen LogP contribution in [0.25, 0.3) is 5.82 Å². The van der Waals surface area contributed by atoms with Crippen molar-refractivity contribution in [2.45, 2.75) is 33.6 Å². The van der Waals surface area contributed by atoms with E-state index in [1.54, 1.807) is 4.68 Å². The number of nitrogens with one attached hydrogen (secondary N) is 1. The average Bonchev–Trinajstić information content (AvgIpc) is 2.76. The topological polar surface area (TPSA) is 55.6 Å². The van der Waals surface area contributed by atoms with Gasteiger partial charge in [0.05, 0.1) is 6.20 Å². The van der Waals surface area contributed by atoms with Gasteiger partial charge in [0, 0.05) is 24.7 Å². The highest BCUT2D eigenvalue weighted by Gasteiger charge is 2.09. The summed E-state index contributed by atoms with van der Waals surface area (Å²) in [6, 6.07) is 1.92. The number of rotatable bonds is 4. The van der Waals surface area contributed by atoms with Gasteiger partial charge in [0.25, 0.3) is 0 Å². The molecule has 2 aromatic heterocycles. The lowest BCUT2D eigenvalue weighted by Gasteiger charge is -2.10. The van der Waals surface area contributed by atoms with Crippen LogP contribution in [0, 0.1) is 6.92 Å². The first-order valence-corrected chi connectivity index (χ1v) is 6.24. The molecular weight excluding hydrogens is 226 g/mol. The van der Waals surface area contributed by atoms with Crippen LogP contribution < -0.4 is 5.32 Å². The fraction of sp³-hybridized carbons (Fsp3) is 0.462. The minimum Gasteiger partial charge on any atom is -0.370 e. The number of aryl methyl sites for hydroxylation is 1. The number of hydrogen-bond acceptors (Lipinski definition) is 4. The summed E-state index contributed by atoms with van der Waals surface area (Å²) in [6.45, 7) is 9.08. The second-order valence-corrected chi connectivity index (χ2v) is 4.62. The van der Waals surface area contributed by atoms with E-state index in [1.807, 2.05) is 25.4 Å². The Labute approximate surface area is 107 Å². The van der Waals surface area contributed by atoms with Crippen LogP contribution >= 0.6 is 0 Å². The summed E-state index contributed by atoms with van der Waals surface area (Å²) in [5.74, 6) is 2.77. The molecule has 0 radical (unpaired) electrons. The van der Waals surface area contributed by atoms with Crippen LogP contribution in [-0.2, 0) is 0 Å². The molecule has 2 heterocycles. The van der Waals surface area contributed by atoms with Gasteiger partial charge in [0.15, 0.2) is 5.82 Å². The van der Waals surface area contributed by atoms with Gasteiger partial charge in [-0.15, -0.1) is 0 Å². The number of nitrogens with zero attached hydrogens (tertiary/aromatic N) is 4. The van der Waals surface area contributed by atoms with E-state index in [9.17, 15) is 0 Å². The van der Waals surface area contributed by atoms with Crippen molar-refractivity contribution in [3.05, 3.63) is 29.8 Å². The molecule has 18 heavy (non-hydrogen) atoms. The minimum atomic E-state index is 0.291. The molecule has 0 fully saturated rings. The molecule has 0 aliphatic rings. The fourth-order valence-electron chi connectivity index (χ4n) is 1.64. The standard InChI is InChI=1S/C13H19N5/c1-5-14-11-6-12(17-13(16-11)9(2)3)18-8-10(4)7-15-18/h6-9H,5H2,1-4H3,(H,14,16,17). The van der Waals surface area contributed by atoms with E-state index in [-0.39, 0.29) is 0 Å². The molecule has 0 aliphatic carbocycles. The van der Waals surface area contributed by atoms with Crippen LogP contribution in [0.4, 0.5) is 5.82 Å². The zero-order valence-corrected chi connectivity index (χ0v) is 11.3. The van der Waals surface area contributed by atoms with Gasteiger partial charge in [-0.25, -0.2) is 14.6 Å². The normalized spacial score (nSPS) is 10.9. The first-order chi connectivity index (χ1) is 8.60. The van der Waals surface area contributed by atoms with Crippen LogP contribution in [0.5, 0.6) is 0 Å². The molecule has 96 valence electrons. The summed E-state index contributed by atoms with van der Waals surface area (Å²) >= 11 is 0. The number of hydrogen-bond donors (Lipinski definition) is 1. The van der Waals surface area contributed by atoms with Gasteiger partial charge in [-0.05, 0) is 19.4 Å². The molecule has 0 bridgehead atoms. The highest BCUT2D eigenvalue weighted by atomic mass is 15.3. The smallest absolute Gasteiger partial charge is 0.159 e. The molecule has 2 aromatic rings. The molecule has 0 amide bonds. The first-order valence-electron chi connectivity index (χ1n) is 6.24. The summed E-state index contributed by atoms with van der Waals surface area (Å²) in [5.41, 5.74) is 1.12. The van der Waals surface area contributed by atoms with E-state index >= 15 is 0 Å². The SMILES string of the molecule is CCNc1cc(-n2cc(C)cn2)nc(C(C)C)n1. The lowest BCUT2D eigenvalue weighted by molar-refractivity contribution is 0.746. The van der Waals surface area contributed by atoms with E-state index in [4.69, 9.17) is 0 Å². The van der Waals surface area contributed by atoms with Crippen molar-refractivity contribution in [1.82, 2.24) is 19.7 Å². The van der Waals surface area contributed by atoms with Crippen molar-refractivity contribution in [2.24, 2.45) is 0 Å². The average molecular weight is 245 g/mol. The van der Waals surface area contributed by atoms with E-state index in [0.29, 0.717) is 5.92 Å². The van der Waals surface area contributed by atoms with Gasteiger partial charge in [-0.2, -0.15) is 5.10 Å². The molecule has 5 nitrogen and oxygen atoms in total. The molecule has 0 aromatic carbocycles. The Morgan fingerprint density at radius 3 is 2.67 bits per heavy atom. The Kier molecular flexibility index (Phi) is 3.60. The van der Waals surface area contributed by atoms with Crippen molar-refractivity contribution < 1.29 is 0 Å². The molecule has 2 rings (SSSR count). The summed E-state index contributed by atoms with van der Waals surface area (Å²) in [6.07, 6.45) is 3.78. The Balaban J connectivity index is 2.45. The van der Waals surface area contributed by atoms with Crippen LogP contribution in [0.1, 0.15) is 38.1 Å². The predicted octanol–water partition coefficient (Wildman–Crippen LogP) is 2.53. The van der Waals surface area contributed by atoms with Crippen molar-refractivity contribution in [1.29, 1.82) is 0 Å². The monoisotopic (exact) mass is 245 g/mol. The predicted molar refractivity (Wildman–Crippen MR) is 72.1 cm³/mol. The maximum absolute atomic E-state index is 4.55. The van der Waals surface area contributed by atoms with E-state index in [1.165, 1.54) is 0 Å². The maximum atomic E-state index is 4.55. The fourth-order valence-corrected chi connectivity index (χ4v) is 1.64. The van der Waals surface area contributed by atoms with Crippen molar-refractivity contribution in [3.8, 4) is 5.82 Å². The number of aromatic nitrogens is 4. The second-order valence-electron chi connectivity index (χ2n) is 4.62. The Morgan fingerprint density at radius 2 is 2.11 bits per heavy atom. The van der Waals surface area contributed by atoms with Crippen LogP contribution in [0.3, 0.4) is 0 Å². The van der Waals surface area contributed by atoms with E-state index < -0.39 is 0 Å². The summed E-state index contributed by atoms with van der Waals surface area (Å²) in [4.78, 5) is 9.04. The zero-order valence-electron chi connectivity index (χ0n) is 11.3. The molecule has 1 N–H and O–H groups in total. The van der Waals surface area contributed by atoms with Crippen molar-refractivity contribution in [2.75, 3.05) is 11.9 Å². The van der Waals surface area contributed by atoms with Gasteiger partial charge in [0.2, 0.25) is 0 Å². The highest BCUT2D eigenvalue weighted by Crippen LogP contribution is 2.16. The largest absolute Gasteiger partial charge is 0.370 e. The molecule has 0 unspecified atom stereocenters. The van der Waals surface area contributed by atoms with Crippen LogP contribution in [-0.4, -0.2) is 26.3 Å². The van der Waals surface area contributed by atoms with Gasteiger partial charge in [-0.1, -0.05) is 13.8 Å². The Morgan fingerprint density at radius 1 is 1.33 bits per heavy atom. The van der Waals surface area contributed by atoms with E-state index in [0.717, 1.165) is 29.6 Å². The van der Waals surface area contributed by atoms with Crippen molar-refractivity contribution >= 4 is 5.82 Å². The quantitative estimate of drug-likeness (QED) is 0.899. The third-order valence-electron chi connectivity index (χ3n) is 2.55. The maximum Gasteiger partial charge on any atom is 0.159 e. The van der Waals surface area contributed by atoms with Gasteiger partial charge < -0.3 is 5.32 Å². The summed E-state index contributed by atoms with van der Waals surface area (Å²) in [5, 5.41) is 7.51. The third kappa shape index (κ3) is 2.67. The second kappa shape index (κ2) is 5.16. The Bertz CT molecular complexity index is 530. The zero-order chi connectivity index (χ0) is 13.1. The molecule has 0 atom stereocenters. The first kappa shape index (κ1) is 12.5. The third-order valence-corrected chi connectivity index (χ3v) is 2.55. The molecular formula is C13H19N5. The molecule has 5 heteroatoms. The lowest BCUT2D eigenvalue weighted by Crippen LogP contribution is -2.09. The molecule has 0 saturated heterocycles. The Hall–Kier alpha value is -1.91. The minimum absolute atomic E-state index is 0.291. The van der Waals surface area contributed by atoms with Crippen molar-refractivity contribution in [3.63, 3.8) is 0 Å². The summed E-state index contributed by atoms with van der Waals surface area (Å²) in [7, 11) is 0. The molecule has 0 aliphatic heterocycles. The van der Waals surface area contributed by atoms with Gasteiger partial charge in [-0.3, -0.25) is 0 Å². The van der Waals surface area contributed by atoms with Crippen LogP contribution in [0.2, 0.25) is 0 Å². The van der Waals surface area contributed by atoms with Gasteiger partial charge in [0.1, 0.15) is 11.6 Å². The van der Waals surface area contributed by atoms with Crippen LogP contribution in [0.15, 0.2) is 18.5 Å². The molecule has 0 saturated carbocycles. The highest BCUT2D eigenvalue weighted by molar-refractivity contribution is 5.41. The summed E-state index contributed by atoms with van der Waals surface area (Å²) < 4.78 is 1.78. The van der Waals surface area contributed by atoms with E-state index in [2.05, 4.69) is 41.2 Å². The lowest BCUT2D eigenvalue weighted by atomic mass is 10.2. The number of anilines is 1.